The molecule has 1 heterocycles. The lowest BCUT2D eigenvalue weighted by Crippen LogP contribution is -2.48. The zero-order valence-corrected chi connectivity index (χ0v) is 18.2. The molecule has 1 aliphatic heterocycles. The lowest BCUT2D eigenvalue weighted by Gasteiger charge is -2.39. The molecule has 0 bridgehead atoms. The number of likely N-dealkylation sites (tertiary alicyclic amines) is 1. The number of rotatable bonds is 7. The highest BCUT2D eigenvalue weighted by Crippen LogP contribution is 2.34. The Hall–Kier alpha value is -2.60. The summed E-state index contributed by atoms with van der Waals surface area (Å²) in [5.41, 5.74) is 1.94. The third-order valence-electron chi connectivity index (χ3n) is 5.62. The van der Waals surface area contributed by atoms with Crippen LogP contribution in [-0.4, -0.2) is 44.2 Å². The number of hydrogen-bond donors (Lipinski definition) is 0. The number of hydrogen-bond acceptors (Lipinski definition) is 4. The number of ether oxygens (including phenoxy) is 2. The van der Waals surface area contributed by atoms with Crippen molar-refractivity contribution in [2.45, 2.75) is 39.3 Å². The van der Waals surface area contributed by atoms with Crippen LogP contribution in [0.4, 0.5) is 10.1 Å². The summed E-state index contributed by atoms with van der Waals surface area (Å²) >= 11 is 0. The molecular weight excluding hydrogens is 383 g/mol. The Morgan fingerprint density at radius 2 is 1.70 bits per heavy atom. The number of amides is 1. The monoisotopic (exact) mass is 414 g/mol. The minimum absolute atomic E-state index is 0.102. The van der Waals surface area contributed by atoms with Gasteiger partial charge in [-0.05, 0) is 42.7 Å². The van der Waals surface area contributed by atoms with Gasteiger partial charge in [0.1, 0.15) is 5.82 Å². The van der Waals surface area contributed by atoms with E-state index in [0.717, 1.165) is 43.7 Å². The third-order valence-corrected chi connectivity index (χ3v) is 5.62. The molecule has 5 nitrogen and oxygen atoms in total. The van der Waals surface area contributed by atoms with Crippen molar-refractivity contribution in [2.24, 2.45) is 5.92 Å². The van der Waals surface area contributed by atoms with Gasteiger partial charge in [0.15, 0.2) is 11.5 Å². The second kappa shape index (κ2) is 9.94. The first-order valence-electron chi connectivity index (χ1n) is 10.4. The fraction of sp³-hybridized carbons (Fsp3) is 0.458. The number of nitrogens with zero attached hydrogens (tertiary/aromatic N) is 2. The van der Waals surface area contributed by atoms with Crippen LogP contribution in [0.2, 0.25) is 0 Å². The number of benzene rings is 2. The van der Waals surface area contributed by atoms with Gasteiger partial charge in [-0.25, -0.2) is 4.39 Å². The average molecular weight is 415 g/mol. The highest BCUT2D eigenvalue weighted by molar-refractivity contribution is 5.95. The Morgan fingerprint density at radius 1 is 1.07 bits per heavy atom. The van der Waals surface area contributed by atoms with Crippen molar-refractivity contribution in [1.82, 2.24) is 4.90 Å². The first-order valence-corrected chi connectivity index (χ1v) is 10.4. The van der Waals surface area contributed by atoms with Crippen LogP contribution in [0.1, 0.15) is 32.3 Å². The molecule has 3 rings (SSSR count). The summed E-state index contributed by atoms with van der Waals surface area (Å²) in [4.78, 5) is 17.4. The van der Waals surface area contributed by atoms with Gasteiger partial charge in [0.25, 0.3) is 0 Å². The standard InChI is InChI=1S/C24H31FN2O3/c1-17(2)24(28)27(21-9-10-22(29-3)23(15-21)30-4)20-11-13-26(14-12-20)16-18-5-7-19(25)8-6-18/h5-10,15,17,20H,11-14,16H2,1-4H3. The van der Waals surface area contributed by atoms with Crippen molar-refractivity contribution >= 4 is 11.6 Å². The summed E-state index contributed by atoms with van der Waals surface area (Å²) in [6.07, 6.45) is 1.77. The van der Waals surface area contributed by atoms with Crippen molar-refractivity contribution in [3.63, 3.8) is 0 Å². The number of methoxy groups -OCH3 is 2. The van der Waals surface area contributed by atoms with E-state index in [1.807, 2.05) is 49.1 Å². The van der Waals surface area contributed by atoms with Crippen LogP contribution in [0.5, 0.6) is 11.5 Å². The van der Waals surface area contributed by atoms with Crippen molar-refractivity contribution in [2.75, 3.05) is 32.2 Å². The van der Waals surface area contributed by atoms with Gasteiger partial charge in [-0.1, -0.05) is 26.0 Å². The molecule has 0 N–H and O–H groups in total. The van der Waals surface area contributed by atoms with Crippen LogP contribution in [0.3, 0.4) is 0 Å². The highest BCUT2D eigenvalue weighted by Gasteiger charge is 2.31. The van der Waals surface area contributed by atoms with Crippen molar-refractivity contribution < 1.29 is 18.7 Å². The molecule has 162 valence electrons. The third kappa shape index (κ3) is 5.11. The fourth-order valence-corrected chi connectivity index (χ4v) is 3.95. The van der Waals surface area contributed by atoms with Crippen molar-refractivity contribution in [3.8, 4) is 11.5 Å². The Labute approximate surface area is 178 Å². The predicted octanol–water partition coefficient (Wildman–Crippen LogP) is 4.50. The van der Waals surface area contributed by atoms with E-state index in [9.17, 15) is 9.18 Å². The quantitative estimate of drug-likeness (QED) is 0.669. The molecule has 0 saturated carbocycles. The summed E-state index contributed by atoms with van der Waals surface area (Å²) in [6.45, 7) is 6.43. The smallest absolute Gasteiger partial charge is 0.229 e. The van der Waals surface area contributed by atoms with E-state index in [1.54, 1.807) is 14.2 Å². The van der Waals surface area contributed by atoms with E-state index < -0.39 is 0 Å². The van der Waals surface area contributed by atoms with Gasteiger partial charge in [0.2, 0.25) is 5.91 Å². The highest BCUT2D eigenvalue weighted by atomic mass is 19.1. The van der Waals surface area contributed by atoms with E-state index in [0.29, 0.717) is 11.5 Å². The zero-order chi connectivity index (χ0) is 21.7. The number of piperidine rings is 1. The average Bonchev–Trinajstić information content (AvgIpc) is 2.76. The Balaban J connectivity index is 1.74. The number of carbonyl (C=O) groups is 1. The molecule has 1 amide bonds. The normalized spacial score (nSPS) is 15.3. The molecule has 0 spiro atoms. The molecule has 0 atom stereocenters. The van der Waals surface area contributed by atoms with E-state index in [2.05, 4.69) is 4.90 Å². The maximum Gasteiger partial charge on any atom is 0.229 e. The molecule has 1 fully saturated rings. The van der Waals surface area contributed by atoms with Crippen LogP contribution in [0.25, 0.3) is 0 Å². The Morgan fingerprint density at radius 3 is 2.27 bits per heavy atom. The minimum atomic E-state index is -0.213. The largest absolute Gasteiger partial charge is 0.493 e. The summed E-state index contributed by atoms with van der Waals surface area (Å²) in [5.74, 6) is 1.06. The van der Waals surface area contributed by atoms with Crippen LogP contribution >= 0.6 is 0 Å². The van der Waals surface area contributed by atoms with E-state index in [4.69, 9.17) is 9.47 Å². The van der Waals surface area contributed by atoms with Gasteiger partial charge in [0, 0.05) is 43.3 Å². The van der Waals surface area contributed by atoms with Crippen LogP contribution in [0.15, 0.2) is 42.5 Å². The van der Waals surface area contributed by atoms with Gasteiger partial charge in [-0.3, -0.25) is 9.69 Å². The molecule has 6 heteroatoms. The second-order valence-corrected chi connectivity index (χ2v) is 8.04. The summed E-state index contributed by atoms with van der Waals surface area (Å²) in [5, 5.41) is 0. The minimum Gasteiger partial charge on any atom is -0.493 e. The second-order valence-electron chi connectivity index (χ2n) is 8.04. The number of halogens is 1. The molecule has 1 aliphatic rings. The maximum atomic E-state index is 13.1. The number of anilines is 1. The Kier molecular flexibility index (Phi) is 7.32. The molecule has 0 unspecified atom stereocenters. The van der Waals surface area contributed by atoms with E-state index in [-0.39, 0.29) is 23.7 Å². The molecule has 2 aromatic rings. The first-order chi connectivity index (χ1) is 14.4. The molecule has 1 saturated heterocycles. The van der Waals surface area contributed by atoms with Gasteiger partial charge in [-0.2, -0.15) is 0 Å². The first kappa shape index (κ1) is 22.1. The van der Waals surface area contributed by atoms with E-state index >= 15 is 0 Å². The molecule has 30 heavy (non-hydrogen) atoms. The summed E-state index contributed by atoms with van der Waals surface area (Å²) in [7, 11) is 3.20. The molecule has 2 aromatic carbocycles. The topological polar surface area (TPSA) is 42.0 Å². The molecule has 0 aromatic heterocycles. The van der Waals surface area contributed by atoms with E-state index in [1.165, 1.54) is 12.1 Å². The summed E-state index contributed by atoms with van der Waals surface area (Å²) < 4.78 is 23.9. The van der Waals surface area contributed by atoms with Crippen molar-refractivity contribution in [3.05, 3.63) is 53.8 Å². The lowest BCUT2D eigenvalue weighted by atomic mass is 9.99. The summed E-state index contributed by atoms with van der Waals surface area (Å²) in [6, 6.07) is 12.4. The van der Waals surface area contributed by atoms with Crippen molar-refractivity contribution in [1.29, 1.82) is 0 Å². The molecule has 0 radical (unpaired) electrons. The SMILES string of the molecule is COc1ccc(N(C(=O)C(C)C)C2CCN(Cc3ccc(F)cc3)CC2)cc1OC. The molecular formula is C24H31FN2O3. The predicted molar refractivity (Wildman–Crippen MR) is 117 cm³/mol. The lowest BCUT2D eigenvalue weighted by molar-refractivity contribution is -0.122. The van der Waals surface area contributed by atoms with Gasteiger partial charge in [-0.15, -0.1) is 0 Å². The van der Waals surface area contributed by atoms with Crippen LogP contribution < -0.4 is 14.4 Å². The van der Waals surface area contributed by atoms with Gasteiger partial charge < -0.3 is 14.4 Å². The fourth-order valence-electron chi connectivity index (χ4n) is 3.95. The van der Waals surface area contributed by atoms with Crippen LogP contribution in [-0.2, 0) is 11.3 Å². The Bertz CT molecular complexity index is 846. The van der Waals surface area contributed by atoms with Gasteiger partial charge >= 0.3 is 0 Å². The maximum absolute atomic E-state index is 13.1. The van der Waals surface area contributed by atoms with Gasteiger partial charge in [0.05, 0.1) is 14.2 Å². The number of carbonyl (C=O) groups excluding carboxylic acids is 1. The molecule has 0 aliphatic carbocycles. The zero-order valence-electron chi connectivity index (χ0n) is 18.2. The van der Waals surface area contributed by atoms with Crippen LogP contribution in [0, 0.1) is 11.7 Å².